The van der Waals surface area contributed by atoms with Crippen LogP contribution in [0.3, 0.4) is 0 Å². The summed E-state index contributed by atoms with van der Waals surface area (Å²) in [5, 5.41) is 2.35. The van der Waals surface area contributed by atoms with Crippen LogP contribution in [0, 0.1) is 0 Å². The SMILES string of the molecule is CC(C)c1cccc(C(C)C)c1-c1cc(Oc2cc(C(C)(C)c3ccccc3)c3c4ccccc4n(-c4cc(C(C)(C)c5ccccc5)ccn4)c3c2)cc(N2CN(c3cc(C(C)(C)C)cc(C(C)(C)C)c3)C=C2c2ccccc2)c1. The Hall–Kier alpha value is -8.15. The predicted molar refractivity (Wildman–Crippen MR) is 344 cm³/mol. The van der Waals surface area contributed by atoms with Crippen molar-refractivity contribution >= 4 is 38.9 Å². The van der Waals surface area contributed by atoms with Gasteiger partial charge in [-0.2, -0.15) is 0 Å². The first-order chi connectivity index (χ1) is 38.6. The highest BCUT2D eigenvalue weighted by atomic mass is 16.5. The van der Waals surface area contributed by atoms with E-state index in [4.69, 9.17) is 9.72 Å². The van der Waals surface area contributed by atoms with Crippen LogP contribution in [-0.2, 0) is 21.7 Å². The second kappa shape index (κ2) is 21.1. The molecule has 0 spiro atoms. The van der Waals surface area contributed by atoms with Gasteiger partial charge in [0.05, 0.1) is 23.4 Å². The molecule has 8 aromatic carbocycles. The number of anilines is 2. The van der Waals surface area contributed by atoms with Crippen LogP contribution in [0.15, 0.2) is 207 Å². The number of ether oxygens (including phenoxy) is 1. The lowest BCUT2D eigenvalue weighted by atomic mass is 9.76. The highest BCUT2D eigenvalue weighted by molar-refractivity contribution is 6.12. The van der Waals surface area contributed by atoms with Gasteiger partial charge >= 0.3 is 0 Å². The summed E-state index contributed by atoms with van der Waals surface area (Å²) in [6, 6.07) is 71.4. The Morgan fingerprint density at radius 2 is 1.02 bits per heavy atom. The highest BCUT2D eigenvalue weighted by Crippen LogP contribution is 2.48. The predicted octanol–water partition coefficient (Wildman–Crippen LogP) is 20.4. The molecule has 81 heavy (non-hydrogen) atoms. The molecule has 0 amide bonds. The van der Waals surface area contributed by atoms with Gasteiger partial charge in [-0.15, -0.1) is 0 Å². The minimum Gasteiger partial charge on any atom is -0.457 e. The van der Waals surface area contributed by atoms with E-state index in [0.29, 0.717) is 18.5 Å². The van der Waals surface area contributed by atoms with Crippen molar-refractivity contribution in [1.29, 1.82) is 0 Å². The average Bonchev–Trinajstić information content (AvgIpc) is 3.88. The first-order valence-corrected chi connectivity index (χ1v) is 29.2. The standard InChI is InChI=1S/C76H80N4O/c1-50(2)63-34-26-35-64(51(3)4)71(63)53-39-60(79-49-78(48-69(79)52-27-18-15-19-28-52)59-42-57(73(5,6)7)41-58(43-59)74(8,9)10)45-61(40-53)81-62-46-66(76(13,14)55-31-22-17-23-32-55)72-65-33-24-25-36-67(65)80(68(72)47-62)70-44-56(37-38-77-70)75(11,12)54-29-20-16-21-30-54/h15-48,50-51H,49H2,1-14H3. The number of rotatable bonds is 13. The third-order valence-corrected chi connectivity index (χ3v) is 17.1. The van der Waals surface area contributed by atoms with Crippen molar-refractivity contribution < 1.29 is 4.74 Å². The fourth-order valence-corrected chi connectivity index (χ4v) is 12.1. The summed E-state index contributed by atoms with van der Waals surface area (Å²) in [5.41, 5.74) is 18.4. The van der Waals surface area contributed by atoms with Crippen LogP contribution >= 0.6 is 0 Å². The van der Waals surface area contributed by atoms with E-state index in [9.17, 15) is 0 Å². The van der Waals surface area contributed by atoms with Crippen molar-refractivity contribution in [2.24, 2.45) is 0 Å². The van der Waals surface area contributed by atoms with Gasteiger partial charge in [-0.3, -0.25) is 4.57 Å². The number of hydrogen-bond acceptors (Lipinski definition) is 4. The van der Waals surface area contributed by atoms with Crippen LogP contribution in [0.2, 0.25) is 0 Å². The lowest BCUT2D eigenvalue weighted by molar-refractivity contribution is 0.481. The maximum atomic E-state index is 7.61. The molecule has 10 aromatic rings. The summed E-state index contributed by atoms with van der Waals surface area (Å²) in [6.07, 6.45) is 4.33. The summed E-state index contributed by atoms with van der Waals surface area (Å²) in [5.74, 6) is 2.96. The maximum Gasteiger partial charge on any atom is 0.137 e. The monoisotopic (exact) mass is 1060 g/mol. The number of pyridine rings is 1. The Morgan fingerprint density at radius 1 is 0.457 bits per heavy atom. The number of benzene rings is 8. The maximum absolute atomic E-state index is 7.61. The smallest absolute Gasteiger partial charge is 0.137 e. The molecule has 0 saturated heterocycles. The van der Waals surface area contributed by atoms with E-state index in [1.165, 1.54) is 66.5 Å². The molecular formula is C76H80N4O. The van der Waals surface area contributed by atoms with Gasteiger partial charge in [0.25, 0.3) is 0 Å². The van der Waals surface area contributed by atoms with Crippen molar-refractivity contribution in [3.63, 3.8) is 0 Å². The van der Waals surface area contributed by atoms with Crippen LogP contribution in [-0.4, -0.2) is 16.2 Å². The zero-order chi connectivity index (χ0) is 57.2. The van der Waals surface area contributed by atoms with Crippen molar-refractivity contribution in [3.05, 3.63) is 257 Å². The summed E-state index contributed by atoms with van der Waals surface area (Å²) in [4.78, 5) is 10.1. The van der Waals surface area contributed by atoms with Crippen LogP contribution in [0.1, 0.15) is 159 Å². The van der Waals surface area contributed by atoms with Crippen LogP contribution < -0.4 is 14.5 Å². The summed E-state index contributed by atoms with van der Waals surface area (Å²) in [6.45, 7) is 33.1. The molecule has 5 nitrogen and oxygen atoms in total. The van der Waals surface area contributed by atoms with E-state index >= 15 is 0 Å². The molecule has 0 fully saturated rings. The second-order valence-electron chi connectivity index (χ2n) is 26.2. The summed E-state index contributed by atoms with van der Waals surface area (Å²) in [7, 11) is 0. The minimum absolute atomic E-state index is 0.0344. The molecule has 5 heteroatoms. The van der Waals surface area contributed by atoms with Gasteiger partial charge in [-0.1, -0.05) is 230 Å². The third kappa shape index (κ3) is 10.5. The normalized spacial score (nSPS) is 13.5. The quantitative estimate of drug-likeness (QED) is 0.115. The molecule has 1 aliphatic rings. The van der Waals surface area contributed by atoms with Crippen LogP contribution in [0.4, 0.5) is 11.4 Å². The van der Waals surface area contributed by atoms with Crippen molar-refractivity contribution in [1.82, 2.24) is 9.55 Å². The molecule has 2 aromatic heterocycles. The molecular weight excluding hydrogens is 985 g/mol. The van der Waals surface area contributed by atoms with Crippen molar-refractivity contribution in [2.45, 2.75) is 130 Å². The van der Waals surface area contributed by atoms with Crippen molar-refractivity contribution in [3.8, 4) is 28.4 Å². The van der Waals surface area contributed by atoms with Crippen LogP contribution in [0.5, 0.6) is 11.5 Å². The molecule has 1 aliphatic heterocycles. The van der Waals surface area contributed by atoms with Gasteiger partial charge in [-0.25, -0.2) is 4.98 Å². The number of nitrogens with zero attached hydrogens (tertiary/aromatic N) is 4. The van der Waals surface area contributed by atoms with Gasteiger partial charge in [0.15, 0.2) is 0 Å². The first-order valence-electron chi connectivity index (χ1n) is 29.2. The van der Waals surface area contributed by atoms with E-state index in [0.717, 1.165) is 50.9 Å². The van der Waals surface area contributed by atoms with Crippen LogP contribution in [0.25, 0.3) is 44.4 Å². The summed E-state index contributed by atoms with van der Waals surface area (Å²) < 4.78 is 9.97. The molecule has 410 valence electrons. The molecule has 0 aliphatic carbocycles. The van der Waals surface area contributed by atoms with Gasteiger partial charge < -0.3 is 14.5 Å². The molecule has 3 heterocycles. The largest absolute Gasteiger partial charge is 0.457 e. The Balaban J connectivity index is 1.15. The molecule has 0 unspecified atom stereocenters. The molecule has 0 bridgehead atoms. The number of para-hydroxylation sites is 1. The minimum atomic E-state index is -0.431. The van der Waals surface area contributed by atoms with E-state index in [-0.39, 0.29) is 16.2 Å². The van der Waals surface area contributed by atoms with E-state index in [1.807, 2.05) is 6.20 Å². The first kappa shape index (κ1) is 54.8. The Bertz CT molecular complexity index is 3900. The lowest BCUT2D eigenvalue weighted by Gasteiger charge is -2.30. The van der Waals surface area contributed by atoms with Crippen molar-refractivity contribution in [2.75, 3.05) is 16.5 Å². The zero-order valence-corrected chi connectivity index (χ0v) is 50.2. The Labute approximate surface area is 482 Å². The van der Waals surface area contributed by atoms with E-state index in [2.05, 4.69) is 312 Å². The number of fused-ring (bicyclic) bond motifs is 3. The Morgan fingerprint density at radius 3 is 1.63 bits per heavy atom. The van der Waals surface area contributed by atoms with Gasteiger partial charge in [0, 0.05) is 57.5 Å². The average molecular weight is 1070 g/mol. The zero-order valence-electron chi connectivity index (χ0n) is 50.2. The third-order valence-electron chi connectivity index (χ3n) is 17.1. The number of hydrogen-bond donors (Lipinski definition) is 0. The Kier molecular flexibility index (Phi) is 14.2. The van der Waals surface area contributed by atoms with Gasteiger partial charge in [0.1, 0.15) is 17.3 Å². The second-order valence-corrected chi connectivity index (χ2v) is 26.2. The van der Waals surface area contributed by atoms with Gasteiger partial charge in [0.2, 0.25) is 0 Å². The lowest BCUT2D eigenvalue weighted by Crippen LogP contribution is -2.27. The highest BCUT2D eigenvalue weighted by Gasteiger charge is 2.33. The topological polar surface area (TPSA) is 33.5 Å². The fraction of sp³-hybridized carbons (Fsp3) is 0.276. The molecule has 0 atom stereocenters. The molecule has 0 N–H and O–H groups in total. The van der Waals surface area contributed by atoms with E-state index < -0.39 is 5.41 Å². The van der Waals surface area contributed by atoms with E-state index in [1.54, 1.807) is 0 Å². The molecule has 11 rings (SSSR count). The molecule has 0 saturated carbocycles. The summed E-state index contributed by atoms with van der Waals surface area (Å²) >= 11 is 0. The molecule has 0 radical (unpaired) electrons. The van der Waals surface area contributed by atoms with Gasteiger partial charge in [-0.05, 0) is 132 Å². The fourth-order valence-electron chi connectivity index (χ4n) is 12.1. The number of aromatic nitrogens is 2.